The van der Waals surface area contributed by atoms with Gasteiger partial charge < -0.3 is 24.4 Å². The molecule has 3 unspecified atom stereocenters. The van der Waals surface area contributed by atoms with Gasteiger partial charge >= 0.3 is 5.97 Å². The predicted molar refractivity (Wildman–Crippen MR) is 102 cm³/mol. The quantitative estimate of drug-likeness (QED) is 0.674. The Morgan fingerprint density at radius 1 is 1.21 bits per heavy atom. The molecule has 1 fully saturated rings. The molecule has 8 heteroatoms. The van der Waals surface area contributed by atoms with E-state index in [-0.39, 0.29) is 24.3 Å². The zero-order chi connectivity index (χ0) is 20.7. The number of hydrogen-bond donors (Lipinski definition) is 1. The third-order valence-electron chi connectivity index (χ3n) is 4.60. The molecule has 2 amide bonds. The maximum Gasteiger partial charge on any atom is 0.308 e. The molecule has 8 nitrogen and oxygen atoms in total. The van der Waals surface area contributed by atoms with Gasteiger partial charge in [0.15, 0.2) is 6.10 Å². The number of carbonyl (C=O) groups excluding carboxylic acids is 3. The van der Waals surface area contributed by atoms with Crippen LogP contribution in [-0.2, 0) is 19.1 Å². The summed E-state index contributed by atoms with van der Waals surface area (Å²) in [6.45, 7) is 5.94. The Labute approximate surface area is 165 Å². The molecule has 1 aromatic rings. The van der Waals surface area contributed by atoms with Crippen molar-refractivity contribution in [2.75, 3.05) is 20.2 Å². The minimum atomic E-state index is -0.903. The minimum absolute atomic E-state index is 0.183. The van der Waals surface area contributed by atoms with E-state index >= 15 is 0 Å². The van der Waals surface area contributed by atoms with E-state index < -0.39 is 18.1 Å². The third kappa shape index (κ3) is 5.61. The summed E-state index contributed by atoms with van der Waals surface area (Å²) in [5.41, 5.74) is 0. The Morgan fingerprint density at radius 3 is 2.46 bits per heavy atom. The number of amides is 2. The molecule has 1 aliphatic rings. The van der Waals surface area contributed by atoms with Crippen LogP contribution in [-0.4, -0.2) is 61.1 Å². The number of carbonyl (C=O) groups is 3. The first-order chi connectivity index (χ1) is 13.3. The maximum atomic E-state index is 12.9. The average molecular weight is 392 g/mol. The van der Waals surface area contributed by atoms with Crippen LogP contribution >= 0.6 is 0 Å². The van der Waals surface area contributed by atoms with Crippen LogP contribution in [0.4, 0.5) is 0 Å². The molecular weight excluding hydrogens is 364 g/mol. The highest BCUT2D eigenvalue weighted by molar-refractivity contribution is 5.93. The molecule has 1 saturated heterocycles. The molecule has 3 atom stereocenters. The lowest BCUT2D eigenvalue weighted by atomic mass is 10.1. The van der Waals surface area contributed by atoms with Gasteiger partial charge in [0, 0.05) is 13.1 Å². The standard InChI is InChI=1S/C20H28N2O6/c1-5-13(2)27-18(23)12-17-19(24)21-10-11-22(17)20(25)14(3)28-16-8-6-15(26-4)7-9-16/h6-9,13-14,17H,5,10-12H2,1-4H3,(H,21,24). The fraction of sp³-hybridized carbons (Fsp3) is 0.550. The first-order valence-electron chi connectivity index (χ1n) is 9.44. The number of rotatable bonds is 8. The van der Waals surface area contributed by atoms with Crippen LogP contribution in [0.3, 0.4) is 0 Å². The highest BCUT2D eigenvalue weighted by atomic mass is 16.5. The first-order valence-corrected chi connectivity index (χ1v) is 9.44. The number of esters is 1. The van der Waals surface area contributed by atoms with Crippen molar-refractivity contribution in [3.63, 3.8) is 0 Å². The Hall–Kier alpha value is -2.77. The second-order valence-electron chi connectivity index (χ2n) is 6.69. The molecule has 2 rings (SSSR count). The molecule has 154 valence electrons. The van der Waals surface area contributed by atoms with Crippen LogP contribution in [0.25, 0.3) is 0 Å². The van der Waals surface area contributed by atoms with Crippen molar-refractivity contribution in [2.24, 2.45) is 0 Å². The molecule has 0 spiro atoms. The lowest BCUT2D eigenvalue weighted by Gasteiger charge is -2.36. The molecule has 0 saturated carbocycles. The summed E-state index contributed by atoms with van der Waals surface area (Å²) in [5.74, 6) is -0.0305. The van der Waals surface area contributed by atoms with Crippen LogP contribution in [0.1, 0.15) is 33.6 Å². The smallest absolute Gasteiger partial charge is 0.308 e. The lowest BCUT2D eigenvalue weighted by Crippen LogP contribution is -2.60. The molecule has 1 N–H and O–H groups in total. The number of nitrogens with zero attached hydrogens (tertiary/aromatic N) is 1. The van der Waals surface area contributed by atoms with Crippen molar-refractivity contribution < 1.29 is 28.6 Å². The summed E-state index contributed by atoms with van der Waals surface area (Å²) in [7, 11) is 1.57. The van der Waals surface area contributed by atoms with E-state index in [1.54, 1.807) is 45.2 Å². The fourth-order valence-electron chi connectivity index (χ4n) is 2.84. The Kier molecular flexibility index (Phi) is 7.66. The van der Waals surface area contributed by atoms with E-state index in [1.807, 2.05) is 6.92 Å². The highest BCUT2D eigenvalue weighted by Gasteiger charge is 2.37. The van der Waals surface area contributed by atoms with Gasteiger partial charge in [-0.15, -0.1) is 0 Å². The number of nitrogens with one attached hydrogen (secondary N) is 1. The molecule has 0 bridgehead atoms. The monoisotopic (exact) mass is 392 g/mol. The third-order valence-corrected chi connectivity index (χ3v) is 4.60. The van der Waals surface area contributed by atoms with Crippen molar-refractivity contribution in [3.05, 3.63) is 24.3 Å². The van der Waals surface area contributed by atoms with Crippen molar-refractivity contribution in [2.45, 2.75) is 51.9 Å². The van der Waals surface area contributed by atoms with Gasteiger partial charge in [-0.05, 0) is 44.5 Å². The van der Waals surface area contributed by atoms with E-state index in [2.05, 4.69) is 5.32 Å². The SMILES string of the molecule is CCC(C)OC(=O)CC1C(=O)NCCN1C(=O)C(C)Oc1ccc(OC)cc1. The fourth-order valence-corrected chi connectivity index (χ4v) is 2.84. The molecule has 1 aromatic carbocycles. The number of piperazine rings is 1. The summed E-state index contributed by atoms with van der Waals surface area (Å²) >= 11 is 0. The van der Waals surface area contributed by atoms with Gasteiger partial charge in [-0.3, -0.25) is 14.4 Å². The summed E-state index contributed by atoms with van der Waals surface area (Å²) in [5, 5.41) is 2.70. The zero-order valence-corrected chi connectivity index (χ0v) is 16.8. The average Bonchev–Trinajstić information content (AvgIpc) is 2.69. The van der Waals surface area contributed by atoms with E-state index in [1.165, 1.54) is 4.90 Å². The second kappa shape index (κ2) is 9.96. The van der Waals surface area contributed by atoms with Gasteiger partial charge in [0.05, 0.1) is 19.6 Å². The van der Waals surface area contributed by atoms with Crippen LogP contribution in [0.5, 0.6) is 11.5 Å². The zero-order valence-electron chi connectivity index (χ0n) is 16.8. The molecular formula is C20H28N2O6. The van der Waals surface area contributed by atoms with Crippen LogP contribution in [0.2, 0.25) is 0 Å². The van der Waals surface area contributed by atoms with Crippen molar-refractivity contribution in [1.82, 2.24) is 10.2 Å². The molecule has 1 heterocycles. The van der Waals surface area contributed by atoms with Gasteiger partial charge in [0.1, 0.15) is 17.5 Å². The maximum absolute atomic E-state index is 12.9. The first kappa shape index (κ1) is 21.5. The Balaban J connectivity index is 2.04. The lowest BCUT2D eigenvalue weighted by molar-refractivity contribution is -0.156. The predicted octanol–water partition coefficient (Wildman–Crippen LogP) is 1.52. The van der Waals surface area contributed by atoms with Gasteiger partial charge in [-0.2, -0.15) is 0 Å². The number of methoxy groups -OCH3 is 1. The summed E-state index contributed by atoms with van der Waals surface area (Å²) in [4.78, 5) is 38.7. The normalized spacial score (nSPS) is 18.6. The highest BCUT2D eigenvalue weighted by Crippen LogP contribution is 2.20. The molecule has 0 radical (unpaired) electrons. The van der Waals surface area contributed by atoms with Crippen molar-refractivity contribution >= 4 is 17.8 Å². The topological polar surface area (TPSA) is 94.2 Å². The summed E-state index contributed by atoms with van der Waals surface area (Å²) in [6, 6.07) is 5.96. The molecule has 0 aromatic heterocycles. The number of ether oxygens (including phenoxy) is 3. The van der Waals surface area contributed by atoms with Gasteiger partial charge in [0.25, 0.3) is 5.91 Å². The Bertz CT molecular complexity index is 690. The van der Waals surface area contributed by atoms with Gasteiger partial charge in [0.2, 0.25) is 5.91 Å². The van der Waals surface area contributed by atoms with E-state index in [0.717, 1.165) is 0 Å². The van der Waals surface area contributed by atoms with Crippen molar-refractivity contribution in [3.8, 4) is 11.5 Å². The van der Waals surface area contributed by atoms with Crippen LogP contribution in [0, 0.1) is 0 Å². The largest absolute Gasteiger partial charge is 0.497 e. The molecule has 0 aliphatic carbocycles. The molecule has 1 aliphatic heterocycles. The van der Waals surface area contributed by atoms with Gasteiger partial charge in [-0.25, -0.2) is 0 Å². The summed E-state index contributed by atoms with van der Waals surface area (Å²) in [6.07, 6.45) is -0.553. The Morgan fingerprint density at radius 2 is 1.86 bits per heavy atom. The summed E-state index contributed by atoms with van der Waals surface area (Å²) < 4.78 is 16.1. The minimum Gasteiger partial charge on any atom is -0.497 e. The van der Waals surface area contributed by atoms with E-state index in [0.29, 0.717) is 31.0 Å². The molecule has 28 heavy (non-hydrogen) atoms. The van der Waals surface area contributed by atoms with Gasteiger partial charge in [-0.1, -0.05) is 6.92 Å². The van der Waals surface area contributed by atoms with E-state index in [9.17, 15) is 14.4 Å². The second-order valence-corrected chi connectivity index (χ2v) is 6.69. The van der Waals surface area contributed by atoms with Crippen molar-refractivity contribution in [1.29, 1.82) is 0 Å². The number of benzene rings is 1. The van der Waals surface area contributed by atoms with Crippen LogP contribution in [0.15, 0.2) is 24.3 Å². The van der Waals surface area contributed by atoms with Crippen LogP contribution < -0.4 is 14.8 Å². The number of hydrogen-bond acceptors (Lipinski definition) is 6. The van der Waals surface area contributed by atoms with E-state index in [4.69, 9.17) is 14.2 Å².